The van der Waals surface area contributed by atoms with Crippen molar-refractivity contribution in [2.75, 3.05) is 13.7 Å². The number of rotatable bonds is 6. The molecule has 1 aromatic rings. The molecule has 1 unspecified atom stereocenters. The van der Waals surface area contributed by atoms with Crippen molar-refractivity contribution in [3.8, 4) is 0 Å². The van der Waals surface area contributed by atoms with E-state index < -0.39 is 0 Å². The molecule has 1 aromatic carbocycles. The number of benzene rings is 1. The Bertz CT molecular complexity index is 435. The molecule has 0 amide bonds. The molecule has 1 rings (SSSR count). The molecule has 3 nitrogen and oxygen atoms in total. The van der Waals surface area contributed by atoms with E-state index in [9.17, 15) is 4.79 Å². The van der Waals surface area contributed by atoms with Crippen LogP contribution in [0.25, 0.3) is 6.08 Å². The highest BCUT2D eigenvalue weighted by atomic mass is 16.5. The first-order valence-electron chi connectivity index (χ1n) is 6.68. The van der Waals surface area contributed by atoms with Crippen molar-refractivity contribution in [2.24, 2.45) is 0 Å². The fraction of sp³-hybridized carbons (Fsp3) is 0.438. The van der Waals surface area contributed by atoms with Crippen LogP contribution in [0.2, 0.25) is 0 Å². The molecule has 19 heavy (non-hydrogen) atoms. The average molecular weight is 261 g/mol. The number of ether oxygens (including phenoxy) is 1. The van der Waals surface area contributed by atoms with E-state index in [1.54, 1.807) is 12.1 Å². The van der Waals surface area contributed by atoms with E-state index in [4.69, 9.17) is 0 Å². The Labute approximate surface area is 115 Å². The summed E-state index contributed by atoms with van der Waals surface area (Å²) in [5.74, 6) is -0.301. The van der Waals surface area contributed by atoms with Gasteiger partial charge < -0.3 is 10.1 Å². The Hall–Kier alpha value is -1.61. The molecule has 1 atom stereocenters. The van der Waals surface area contributed by atoms with Crippen LogP contribution in [0.3, 0.4) is 0 Å². The summed E-state index contributed by atoms with van der Waals surface area (Å²) in [5.41, 5.74) is 2.95. The van der Waals surface area contributed by atoms with E-state index in [2.05, 4.69) is 36.9 Å². The normalized spacial score (nSPS) is 13.2. The second-order valence-corrected chi connectivity index (χ2v) is 4.68. The molecule has 0 aliphatic rings. The van der Waals surface area contributed by atoms with E-state index in [1.807, 2.05) is 12.1 Å². The third kappa shape index (κ3) is 4.87. The van der Waals surface area contributed by atoms with Crippen molar-refractivity contribution in [1.82, 2.24) is 5.32 Å². The van der Waals surface area contributed by atoms with Crippen molar-refractivity contribution < 1.29 is 9.53 Å². The number of carbonyl (C=O) groups excluding carboxylic acids is 1. The van der Waals surface area contributed by atoms with Crippen LogP contribution in [0.15, 0.2) is 29.8 Å². The maximum absolute atomic E-state index is 11.3. The van der Waals surface area contributed by atoms with Crippen molar-refractivity contribution in [3.05, 3.63) is 41.0 Å². The smallest absolute Gasteiger partial charge is 0.337 e. The summed E-state index contributed by atoms with van der Waals surface area (Å²) in [6.45, 7) is 7.45. The molecule has 0 aliphatic heterocycles. The van der Waals surface area contributed by atoms with Gasteiger partial charge in [0.15, 0.2) is 0 Å². The van der Waals surface area contributed by atoms with Gasteiger partial charge in [-0.3, -0.25) is 0 Å². The highest BCUT2D eigenvalue weighted by Crippen LogP contribution is 2.12. The van der Waals surface area contributed by atoms with Crippen LogP contribution < -0.4 is 5.32 Å². The Morgan fingerprint density at radius 3 is 2.53 bits per heavy atom. The lowest BCUT2D eigenvalue weighted by molar-refractivity contribution is 0.0601. The summed E-state index contributed by atoms with van der Waals surface area (Å²) in [7, 11) is 1.39. The summed E-state index contributed by atoms with van der Waals surface area (Å²) < 4.78 is 4.68. The molecular formula is C16H23NO2. The summed E-state index contributed by atoms with van der Waals surface area (Å²) >= 11 is 0. The molecule has 0 saturated carbocycles. The standard InChI is InChI=1S/C16H23NO2/c1-5-10-17-13(3)12(2)11-14-6-8-15(9-7-14)16(18)19-4/h6-9,11,13,17H,5,10H2,1-4H3/b12-11+. The van der Waals surface area contributed by atoms with Crippen LogP contribution in [-0.2, 0) is 4.74 Å². The predicted molar refractivity (Wildman–Crippen MR) is 79.2 cm³/mol. The first-order valence-corrected chi connectivity index (χ1v) is 6.68. The molecule has 0 saturated heterocycles. The molecule has 0 aliphatic carbocycles. The van der Waals surface area contributed by atoms with Crippen LogP contribution >= 0.6 is 0 Å². The van der Waals surface area contributed by atoms with Gasteiger partial charge in [0, 0.05) is 6.04 Å². The third-order valence-electron chi connectivity index (χ3n) is 3.11. The quantitative estimate of drug-likeness (QED) is 0.799. The van der Waals surface area contributed by atoms with Crippen molar-refractivity contribution in [1.29, 1.82) is 0 Å². The Balaban J connectivity index is 2.73. The fourth-order valence-corrected chi connectivity index (χ4v) is 1.74. The van der Waals surface area contributed by atoms with E-state index in [0.717, 1.165) is 18.5 Å². The Morgan fingerprint density at radius 1 is 1.37 bits per heavy atom. The fourth-order valence-electron chi connectivity index (χ4n) is 1.74. The van der Waals surface area contributed by atoms with Crippen LogP contribution in [0.5, 0.6) is 0 Å². The molecule has 0 bridgehead atoms. The minimum absolute atomic E-state index is 0.301. The lowest BCUT2D eigenvalue weighted by atomic mass is 10.1. The molecule has 0 radical (unpaired) electrons. The number of esters is 1. The van der Waals surface area contributed by atoms with Crippen LogP contribution in [-0.4, -0.2) is 25.7 Å². The topological polar surface area (TPSA) is 38.3 Å². The Morgan fingerprint density at radius 2 is 2.00 bits per heavy atom. The molecule has 0 spiro atoms. The number of nitrogens with one attached hydrogen (secondary N) is 1. The number of carbonyl (C=O) groups is 1. The first-order chi connectivity index (χ1) is 9.08. The first kappa shape index (κ1) is 15.4. The highest BCUT2D eigenvalue weighted by molar-refractivity contribution is 5.89. The summed E-state index contributed by atoms with van der Waals surface area (Å²) in [4.78, 5) is 11.3. The van der Waals surface area contributed by atoms with Gasteiger partial charge in [0.1, 0.15) is 0 Å². The summed E-state index contributed by atoms with van der Waals surface area (Å²) in [5, 5.41) is 3.45. The molecule has 0 heterocycles. The SMILES string of the molecule is CCCNC(C)/C(C)=C/c1ccc(C(=O)OC)cc1. The zero-order chi connectivity index (χ0) is 14.3. The zero-order valence-corrected chi connectivity index (χ0v) is 12.2. The molecule has 0 aromatic heterocycles. The van der Waals surface area contributed by atoms with Gasteiger partial charge in [-0.2, -0.15) is 0 Å². The second-order valence-electron chi connectivity index (χ2n) is 4.68. The number of hydrogen-bond donors (Lipinski definition) is 1. The number of hydrogen-bond acceptors (Lipinski definition) is 3. The minimum atomic E-state index is -0.301. The molecule has 0 fully saturated rings. The lowest BCUT2D eigenvalue weighted by Crippen LogP contribution is -2.27. The van der Waals surface area contributed by atoms with Crippen molar-refractivity contribution in [2.45, 2.75) is 33.2 Å². The van der Waals surface area contributed by atoms with E-state index in [0.29, 0.717) is 11.6 Å². The number of methoxy groups -OCH3 is 1. The summed E-state index contributed by atoms with van der Waals surface area (Å²) in [6.07, 6.45) is 3.26. The molecular weight excluding hydrogens is 238 g/mol. The maximum Gasteiger partial charge on any atom is 0.337 e. The second kappa shape index (κ2) is 7.74. The van der Waals surface area contributed by atoms with Gasteiger partial charge in [0.2, 0.25) is 0 Å². The van der Waals surface area contributed by atoms with Gasteiger partial charge in [0.05, 0.1) is 12.7 Å². The molecule has 104 valence electrons. The third-order valence-corrected chi connectivity index (χ3v) is 3.11. The van der Waals surface area contributed by atoms with E-state index in [-0.39, 0.29) is 5.97 Å². The van der Waals surface area contributed by atoms with E-state index in [1.165, 1.54) is 12.7 Å². The predicted octanol–water partition coefficient (Wildman–Crippen LogP) is 3.26. The lowest BCUT2D eigenvalue weighted by Gasteiger charge is -2.14. The zero-order valence-electron chi connectivity index (χ0n) is 12.2. The van der Waals surface area contributed by atoms with Gasteiger partial charge in [0.25, 0.3) is 0 Å². The minimum Gasteiger partial charge on any atom is -0.465 e. The monoisotopic (exact) mass is 261 g/mol. The Kier molecular flexibility index (Phi) is 6.30. The van der Waals surface area contributed by atoms with Gasteiger partial charge in [-0.15, -0.1) is 0 Å². The highest BCUT2D eigenvalue weighted by Gasteiger charge is 2.05. The van der Waals surface area contributed by atoms with Gasteiger partial charge >= 0.3 is 5.97 Å². The average Bonchev–Trinajstić information content (AvgIpc) is 2.44. The van der Waals surface area contributed by atoms with E-state index >= 15 is 0 Å². The van der Waals surface area contributed by atoms with Crippen molar-refractivity contribution in [3.63, 3.8) is 0 Å². The van der Waals surface area contributed by atoms with Crippen LogP contribution in [0, 0.1) is 0 Å². The molecule has 3 heteroatoms. The largest absolute Gasteiger partial charge is 0.465 e. The van der Waals surface area contributed by atoms with Gasteiger partial charge in [-0.05, 0) is 44.5 Å². The van der Waals surface area contributed by atoms with Crippen molar-refractivity contribution >= 4 is 12.0 Å². The van der Waals surface area contributed by atoms with Gasteiger partial charge in [-0.25, -0.2) is 4.79 Å². The molecule has 1 N–H and O–H groups in total. The van der Waals surface area contributed by atoms with Crippen LogP contribution in [0.1, 0.15) is 43.1 Å². The van der Waals surface area contributed by atoms with Gasteiger partial charge in [-0.1, -0.05) is 30.7 Å². The summed E-state index contributed by atoms with van der Waals surface area (Å²) in [6, 6.07) is 7.80. The van der Waals surface area contributed by atoms with Crippen LogP contribution in [0.4, 0.5) is 0 Å². The maximum atomic E-state index is 11.3.